The Balaban J connectivity index is 1.89. The Kier molecular flexibility index (Phi) is 5.61. The molecule has 0 saturated carbocycles. The summed E-state index contributed by atoms with van der Waals surface area (Å²) >= 11 is 11.0. The summed E-state index contributed by atoms with van der Waals surface area (Å²) in [4.78, 5) is 17.3. The predicted molar refractivity (Wildman–Crippen MR) is 104 cm³/mol. The molecule has 0 aliphatic rings. The van der Waals surface area contributed by atoms with E-state index in [1.807, 2.05) is 13.8 Å². The lowest BCUT2D eigenvalue weighted by Crippen LogP contribution is -2.17. The maximum absolute atomic E-state index is 12.2. The smallest absolute Gasteiger partial charge is 0.275 e. The lowest BCUT2D eigenvalue weighted by Gasteiger charge is -2.14. The molecule has 0 radical (unpaired) electrons. The predicted octanol–water partition coefficient (Wildman–Crippen LogP) is 4.14. The zero-order valence-electron chi connectivity index (χ0n) is 13.7. The number of nitrogens with one attached hydrogen (secondary N) is 1. The van der Waals surface area contributed by atoms with Crippen LogP contribution in [0.4, 0.5) is 5.69 Å². The fourth-order valence-electron chi connectivity index (χ4n) is 2.30. The summed E-state index contributed by atoms with van der Waals surface area (Å²) in [7, 11) is 0. The average molecular weight is 444 g/mol. The highest BCUT2D eigenvalue weighted by Gasteiger charge is 2.12. The lowest BCUT2D eigenvalue weighted by molar-refractivity contribution is 0.339. The second-order valence-corrected chi connectivity index (χ2v) is 7.51. The van der Waals surface area contributed by atoms with Crippen LogP contribution in [0, 0.1) is 0 Å². The third kappa shape index (κ3) is 3.96. The van der Waals surface area contributed by atoms with Crippen LogP contribution in [0.2, 0.25) is 5.02 Å². The summed E-state index contributed by atoms with van der Waals surface area (Å²) in [6.07, 6.45) is 0.773. The van der Waals surface area contributed by atoms with E-state index >= 15 is 0 Å². The van der Waals surface area contributed by atoms with Gasteiger partial charge in [-0.25, -0.2) is 4.98 Å². The van der Waals surface area contributed by atoms with Gasteiger partial charge in [-0.1, -0.05) is 29.9 Å². The molecular weight excluding hydrogens is 428 g/mol. The van der Waals surface area contributed by atoms with Gasteiger partial charge in [-0.3, -0.25) is 4.79 Å². The first-order chi connectivity index (χ1) is 12.0. The zero-order chi connectivity index (χ0) is 18.0. The number of rotatable bonds is 6. The van der Waals surface area contributed by atoms with E-state index in [0.29, 0.717) is 34.6 Å². The second-order valence-electron chi connectivity index (χ2n) is 5.18. The molecule has 3 aromatic rings. The summed E-state index contributed by atoms with van der Waals surface area (Å²) < 4.78 is 7.77. The lowest BCUT2D eigenvalue weighted by atomic mass is 10.2. The fraction of sp³-hybridized carbons (Fsp3) is 0.312. The van der Waals surface area contributed by atoms with Gasteiger partial charge in [0.05, 0.1) is 29.0 Å². The van der Waals surface area contributed by atoms with E-state index in [4.69, 9.17) is 16.3 Å². The van der Waals surface area contributed by atoms with Crippen molar-refractivity contribution >= 4 is 49.5 Å². The van der Waals surface area contributed by atoms with E-state index in [-0.39, 0.29) is 5.56 Å². The first-order valence-corrected chi connectivity index (χ1v) is 9.75. The molecule has 132 valence electrons. The van der Waals surface area contributed by atoms with E-state index in [1.165, 1.54) is 21.9 Å². The molecule has 0 unspecified atom stereocenters. The molecule has 1 N–H and O–H groups in total. The molecule has 0 aliphatic heterocycles. The van der Waals surface area contributed by atoms with E-state index in [9.17, 15) is 4.79 Å². The van der Waals surface area contributed by atoms with Gasteiger partial charge in [0.1, 0.15) is 5.01 Å². The number of halogens is 2. The topological polar surface area (TPSA) is 68.5 Å². The van der Waals surface area contributed by atoms with Crippen molar-refractivity contribution in [1.29, 1.82) is 0 Å². The molecule has 0 bridgehead atoms. The van der Waals surface area contributed by atoms with Crippen LogP contribution in [0.1, 0.15) is 24.5 Å². The summed E-state index contributed by atoms with van der Waals surface area (Å²) in [5.74, 6) is 0.677. The van der Waals surface area contributed by atoms with Crippen LogP contribution in [0.3, 0.4) is 0 Å². The molecule has 0 saturated heterocycles. The van der Waals surface area contributed by atoms with Crippen molar-refractivity contribution in [2.75, 3.05) is 11.9 Å². The fourth-order valence-corrected chi connectivity index (χ4v) is 4.08. The van der Waals surface area contributed by atoms with Crippen molar-refractivity contribution in [3.8, 4) is 5.75 Å². The van der Waals surface area contributed by atoms with E-state index < -0.39 is 0 Å². The Morgan fingerprint density at radius 3 is 2.88 bits per heavy atom. The van der Waals surface area contributed by atoms with E-state index in [1.54, 1.807) is 12.1 Å². The van der Waals surface area contributed by atoms with Gasteiger partial charge in [0.2, 0.25) is 4.96 Å². The van der Waals surface area contributed by atoms with E-state index in [0.717, 1.165) is 21.6 Å². The van der Waals surface area contributed by atoms with E-state index in [2.05, 4.69) is 31.3 Å². The normalized spacial score (nSPS) is 11.0. The summed E-state index contributed by atoms with van der Waals surface area (Å²) in [6.45, 7) is 4.81. The van der Waals surface area contributed by atoms with Crippen molar-refractivity contribution < 1.29 is 4.74 Å². The van der Waals surface area contributed by atoms with Crippen molar-refractivity contribution in [3.63, 3.8) is 0 Å². The molecule has 6 nitrogen and oxygen atoms in total. The number of benzene rings is 1. The minimum Gasteiger partial charge on any atom is -0.491 e. The average Bonchev–Trinajstić information content (AvgIpc) is 2.99. The van der Waals surface area contributed by atoms with Gasteiger partial charge >= 0.3 is 0 Å². The number of hydrogen-bond acceptors (Lipinski definition) is 6. The first-order valence-electron chi connectivity index (χ1n) is 7.76. The standard InChI is InChI=1S/C16H16BrClN4O2S/c1-3-13-21-22-14(23)7-10(20-16(22)25-13)8-19-12-6-9(18)5-11(17)15(12)24-4-2/h5-7,19H,3-4,8H2,1-2H3. The third-order valence-corrected chi connectivity index (χ3v) is 5.26. The van der Waals surface area contributed by atoms with Gasteiger partial charge in [0.15, 0.2) is 5.75 Å². The largest absolute Gasteiger partial charge is 0.491 e. The number of ether oxygens (including phenoxy) is 1. The second kappa shape index (κ2) is 7.72. The Morgan fingerprint density at radius 1 is 1.36 bits per heavy atom. The molecule has 0 atom stereocenters. The first kappa shape index (κ1) is 18.2. The number of anilines is 1. The van der Waals surface area contributed by atoms with Crippen LogP contribution in [0.5, 0.6) is 5.75 Å². The van der Waals surface area contributed by atoms with Crippen molar-refractivity contribution in [1.82, 2.24) is 14.6 Å². The quantitative estimate of drug-likeness (QED) is 0.620. The Hall–Kier alpha value is -1.64. The Labute approximate surface area is 161 Å². The molecule has 0 aliphatic carbocycles. The number of fused-ring (bicyclic) bond motifs is 1. The van der Waals surface area contributed by atoms with Gasteiger partial charge in [-0.05, 0) is 41.4 Å². The van der Waals surface area contributed by atoms with Crippen LogP contribution in [0.15, 0.2) is 27.5 Å². The van der Waals surface area contributed by atoms with Crippen molar-refractivity contribution in [2.24, 2.45) is 0 Å². The van der Waals surface area contributed by atoms with Crippen LogP contribution in [-0.2, 0) is 13.0 Å². The SMILES string of the molecule is CCOc1c(Br)cc(Cl)cc1NCc1cc(=O)n2nc(CC)sc2n1. The maximum atomic E-state index is 12.2. The number of aromatic nitrogens is 3. The number of aryl methyl sites for hydroxylation is 1. The number of hydrogen-bond donors (Lipinski definition) is 1. The minimum atomic E-state index is -0.185. The zero-order valence-corrected chi connectivity index (χ0v) is 16.8. The van der Waals surface area contributed by atoms with Crippen molar-refractivity contribution in [3.05, 3.63) is 48.7 Å². The third-order valence-electron chi connectivity index (χ3n) is 3.40. The summed E-state index contributed by atoms with van der Waals surface area (Å²) in [5.41, 5.74) is 1.19. The maximum Gasteiger partial charge on any atom is 0.275 e. The monoisotopic (exact) mass is 442 g/mol. The molecule has 2 aromatic heterocycles. The van der Waals surface area contributed by atoms with Gasteiger partial charge in [-0.15, -0.1) is 0 Å². The van der Waals surface area contributed by atoms with Crippen LogP contribution >= 0.6 is 38.9 Å². The molecule has 0 spiro atoms. The van der Waals surface area contributed by atoms with Crippen LogP contribution < -0.4 is 15.6 Å². The van der Waals surface area contributed by atoms with Gasteiger partial charge in [-0.2, -0.15) is 9.61 Å². The molecular formula is C16H16BrClN4O2S. The highest BCUT2D eigenvalue weighted by atomic mass is 79.9. The molecule has 0 amide bonds. The Morgan fingerprint density at radius 2 is 2.16 bits per heavy atom. The molecule has 9 heteroatoms. The molecule has 2 heterocycles. The molecule has 25 heavy (non-hydrogen) atoms. The summed E-state index contributed by atoms with van der Waals surface area (Å²) in [5, 5.41) is 8.95. The van der Waals surface area contributed by atoms with Gasteiger partial charge in [0, 0.05) is 11.1 Å². The molecule has 1 aromatic carbocycles. The molecule has 0 fully saturated rings. The highest BCUT2D eigenvalue weighted by molar-refractivity contribution is 9.10. The number of nitrogens with zero attached hydrogens (tertiary/aromatic N) is 3. The highest BCUT2D eigenvalue weighted by Crippen LogP contribution is 2.36. The Bertz CT molecular complexity index is 973. The van der Waals surface area contributed by atoms with Crippen LogP contribution in [0.25, 0.3) is 4.96 Å². The van der Waals surface area contributed by atoms with Gasteiger partial charge < -0.3 is 10.1 Å². The molecule has 3 rings (SSSR count). The van der Waals surface area contributed by atoms with Crippen LogP contribution in [-0.4, -0.2) is 21.2 Å². The summed E-state index contributed by atoms with van der Waals surface area (Å²) in [6, 6.07) is 5.04. The minimum absolute atomic E-state index is 0.185. The van der Waals surface area contributed by atoms with Crippen molar-refractivity contribution in [2.45, 2.75) is 26.8 Å². The van der Waals surface area contributed by atoms with Gasteiger partial charge in [0.25, 0.3) is 5.56 Å².